The number of ketones is 1. The Morgan fingerprint density at radius 2 is 1.97 bits per heavy atom. The maximum atomic E-state index is 14.5. The van der Waals surface area contributed by atoms with Gasteiger partial charge in [0.1, 0.15) is 17.3 Å². The van der Waals surface area contributed by atoms with Gasteiger partial charge in [0.25, 0.3) is 11.6 Å². The van der Waals surface area contributed by atoms with E-state index in [4.69, 9.17) is 27.9 Å². The van der Waals surface area contributed by atoms with Gasteiger partial charge in [-0.1, -0.05) is 29.3 Å². The standard InChI is InChI=1S/C20H16Cl2F3N5O3/c1-33-6-5-26-16-4-2-3-12(27-16)18(32)29-19(20(23,24)25)15(31)9-17-28-13-7-10(21)11(22)8-14(13)30(17)19/h2-4,7-8H,5-6,9H2,1H3,(H,26,27)(H,29,32). The van der Waals surface area contributed by atoms with Crippen molar-refractivity contribution < 1.29 is 27.5 Å². The Bertz CT molecular complexity index is 1260. The fourth-order valence-corrected chi connectivity index (χ4v) is 3.98. The smallest absolute Gasteiger partial charge is 0.383 e. The third-order valence-electron chi connectivity index (χ3n) is 5.12. The predicted molar refractivity (Wildman–Crippen MR) is 115 cm³/mol. The van der Waals surface area contributed by atoms with E-state index in [0.29, 0.717) is 17.7 Å². The highest BCUT2D eigenvalue weighted by molar-refractivity contribution is 6.42. The summed E-state index contributed by atoms with van der Waals surface area (Å²) in [4.78, 5) is 33.8. The molecule has 0 radical (unpaired) electrons. The lowest BCUT2D eigenvalue weighted by Crippen LogP contribution is -2.62. The lowest BCUT2D eigenvalue weighted by Gasteiger charge is -2.33. The van der Waals surface area contributed by atoms with Crippen molar-refractivity contribution in [2.45, 2.75) is 18.3 Å². The summed E-state index contributed by atoms with van der Waals surface area (Å²) in [6.45, 7) is 0.722. The highest BCUT2D eigenvalue weighted by Gasteiger charge is 2.67. The van der Waals surface area contributed by atoms with Crippen molar-refractivity contribution in [1.82, 2.24) is 19.9 Å². The molecule has 0 saturated carbocycles. The number of carbonyl (C=O) groups is 2. The van der Waals surface area contributed by atoms with Crippen LogP contribution in [0.2, 0.25) is 10.0 Å². The molecular weight excluding hydrogens is 486 g/mol. The number of methoxy groups -OCH3 is 1. The summed E-state index contributed by atoms with van der Waals surface area (Å²) in [5.41, 5.74) is -3.68. The van der Waals surface area contributed by atoms with Crippen LogP contribution < -0.4 is 10.6 Å². The number of fused-ring (bicyclic) bond motifs is 3. The van der Waals surface area contributed by atoms with Crippen molar-refractivity contribution in [2.75, 3.05) is 25.6 Å². The van der Waals surface area contributed by atoms with Crippen LogP contribution in [0.1, 0.15) is 16.3 Å². The fraction of sp³-hybridized carbons (Fsp3) is 0.300. The summed E-state index contributed by atoms with van der Waals surface area (Å²) in [5, 5.41) is 4.83. The zero-order chi connectivity index (χ0) is 24.0. The molecule has 1 amide bonds. The number of benzene rings is 1. The number of aromatic nitrogens is 3. The van der Waals surface area contributed by atoms with E-state index in [-0.39, 0.29) is 38.4 Å². The van der Waals surface area contributed by atoms with Crippen molar-refractivity contribution in [3.63, 3.8) is 0 Å². The molecule has 1 atom stereocenters. The molecule has 2 N–H and O–H groups in total. The second kappa shape index (κ2) is 8.47. The number of rotatable bonds is 6. The van der Waals surface area contributed by atoms with Crippen molar-refractivity contribution in [2.24, 2.45) is 0 Å². The second-order valence-electron chi connectivity index (χ2n) is 7.21. The van der Waals surface area contributed by atoms with Crippen LogP contribution in [0.3, 0.4) is 0 Å². The van der Waals surface area contributed by atoms with E-state index in [9.17, 15) is 22.8 Å². The van der Waals surface area contributed by atoms with Gasteiger partial charge in [0.2, 0.25) is 0 Å². The van der Waals surface area contributed by atoms with Crippen LogP contribution in [0.15, 0.2) is 30.3 Å². The molecular formula is C20H16Cl2F3N5O3. The Morgan fingerprint density at radius 3 is 2.67 bits per heavy atom. The topological polar surface area (TPSA) is 98.1 Å². The molecule has 1 aliphatic rings. The number of nitrogens with one attached hydrogen (secondary N) is 2. The molecule has 0 spiro atoms. The van der Waals surface area contributed by atoms with Crippen molar-refractivity contribution in [3.8, 4) is 0 Å². The summed E-state index contributed by atoms with van der Waals surface area (Å²) >= 11 is 12.0. The fourth-order valence-electron chi connectivity index (χ4n) is 3.66. The predicted octanol–water partition coefficient (Wildman–Crippen LogP) is 3.57. The van der Waals surface area contributed by atoms with Gasteiger partial charge in [0.05, 0.1) is 34.1 Å². The molecule has 0 bridgehead atoms. The van der Waals surface area contributed by atoms with Crippen LogP contribution in [0, 0.1) is 0 Å². The lowest BCUT2D eigenvalue weighted by molar-refractivity contribution is -0.214. The third kappa shape index (κ3) is 3.90. The average molecular weight is 502 g/mol. The molecule has 1 unspecified atom stereocenters. The van der Waals surface area contributed by atoms with Crippen molar-refractivity contribution in [3.05, 3.63) is 51.9 Å². The van der Waals surface area contributed by atoms with Crippen LogP contribution in [-0.4, -0.2) is 52.7 Å². The van der Waals surface area contributed by atoms with E-state index in [1.807, 2.05) is 5.32 Å². The maximum absolute atomic E-state index is 14.5. The first-order chi connectivity index (χ1) is 15.6. The van der Waals surface area contributed by atoms with Crippen LogP contribution in [0.4, 0.5) is 19.0 Å². The molecule has 2 aromatic heterocycles. The van der Waals surface area contributed by atoms with Gasteiger partial charge in [0, 0.05) is 13.7 Å². The number of hydrogen-bond acceptors (Lipinski definition) is 6. The number of imidazole rings is 1. The minimum atomic E-state index is -5.20. The van der Waals surface area contributed by atoms with Gasteiger partial charge in [-0.25, -0.2) is 9.97 Å². The van der Waals surface area contributed by atoms with E-state index in [0.717, 1.165) is 0 Å². The highest BCUT2D eigenvalue weighted by atomic mass is 35.5. The third-order valence-corrected chi connectivity index (χ3v) is 5.84. The summed E-state index contributed by atoms with van der Waals surface area (Å²) < 4.78 is 49.1. The van der Waals surface area contributed by atoms with Crippen molar-refractivity contribution in [1.29, 1.82) is 0 Å². The van der Waals surface area contributed by atoms with Gasteiger partial charge in [0.15, 0.2) is 5.78 Å². The Hall–Kier alpha value is -2.89. The SMILES string of the molecule is COCCNc1cccc(C(=O)NC2(C(F)(F)F)C(=O)Cc3nc4cc(Cl)c(Cl)cc4n32)n1. The molecule has 3 heterocycles. The number of pyridine rings is 1. The number of hydrogen-bond donors (Lipinski definition) is 2. The quantitative estimate of drug-likeness (QED) is 0.501. The number of anilines is 1. The monoisotopic (exact) mass is 501 g/mol. The van der Waals surface area contributed by atoms with Gasteiger partial charge in [-0.05, 0) is 24.3 Å². The number of halogens is 5. The molecule has 8 nitrogen and oxygen atoms in total. The second-order valence-corrected chi connectivity index (χ2v) is 8.02. The minimum absolute atomic E-state index is 0.0230. The molecule has 0 fully saturated rings. The molecule has 13 heteroatoms. The van der Waals surface area contributed by atoms with E-state index >= 15 is 0 Å². The van der Waals surface area contributed by atoms with E-state index < -0.39 is 30.0 Å². The van der Waals surface area contributed by atoms with Gasteiger partial charge in [-0.15, -0.1) is 0 Å². The summed E-state index contributed by atoms with van der Waals surface area (Å²) in [7, 11) is 1.50. The summed E-state index contributed by atoms with van der Waals surface area (Å²) in [6.07, 6.45) is -5.84. The molecule has 3 aromatic rings. The van der Waals surface area contributed by atoms with Crippen LogP contribution in [-0.2, 0) is 21.6 Å². The molecule has 0 saturated heterocycles. The number of Topliss-reactive ketones (excluding diaryl/α,β-unsaturated/α-hetero) is 1. The molecule has 33 heavy (non-hydrogen) atoms. The molecule has 0 aliphatic carbocycles. The molecule has 1 aromatic carbocycles. The van der Waals surface area contributed by atoms with Gasteiger partial charge >= 0.3 is 6.18 Å². The zero-order valence-corrected chi connectivity index (χ0v) is 18.5. The van der Waals surface area contributed by atoms with Crippen LogP contribution >= 0.6 is 23.2 Å². The van der Waals surface area contributed by atoms with Gasteiger partial charge in [-0.3, -0.25) is 14.2 Å². The normalized spacial score (nSPS) is 17.9. The Balaban J connectivity index is 1.78. The molecule has 1 aliphatic heterocycles. The largest absolute Gasteiger partial charge is 0.438 e. The first kappa shape index (κ1) is 23.3. The zero-order valence-electron chi connectivity index (χ0n) is 17.0. The number of ether oxygens (including phenoxy) is 1. The summed E-state index contributed by atoms with van der Waals surface area (Å²) in [6, 6.07) is 6.71. The Morgan fingerprint density at radius 1 is 1.24 bits per heavy atom. The maximum Gasteiger partial charge on any atom is 0.438 e. The van der Waals surface area contributed by atoms with E-state index in [1.165, 1.54) is 31.4 Å². The highest BCUT2D eigenvalue weighted by Crippen LogP contribution is 2.44. The first-order valence-electron chi connectivity index (χ1n) is 9.57. The number of carbonyl (C=O) groups excluding carboxylic acids is 2. The molecule has 174 valence electrons. The average Bonchev–Trinajstić information content (AvgIpc) is 3.22. The van der Waals surface area contributed by atoms with E-state index in [1.54, 1.807) is 6.07 Å². The minimum Gasteiger partial charge on any atom is -0.383 e. The van der Waals surface area contributed by atoms with Crippen molar-refractivity contribution >= 4 is 51.7 Å². The summed E-state index contributed by atoms with van der Waals surface area (Å²) in [5.74, 6) is -2.39. The number of amides is 1. The van der Waals surface area contributed by atoms with E-state index in [2.05, 4.69) is 15.3 Å². The van der Waals surface area contributed by atoms with Crippen LogP contribution in [0.25, 0.3) is 11.0 Å². The number of nitrogens with zero attached hydrogens (tertiary/aromatic N) is 3. The Labute approximate surface area is 195 Å². The number of alkyl halides is 3. The molecule has 4 rings (SSSR count). The van der Waals surface area contributed by atoms with Gasteiger partial charge in [-0.2, -0.15) is 13.2 Å². The Kier molecular flexibility index (Phi) is 5.97. The van der Waals surface area contributed by atoms with Gasteiger partial charge < -0.3 is 15.4 Å². The lowest BCUT2D eigenvalue weighted by atomic mass is 10.0. The first-order valence-corrected chi connectivity index (χ1v) is 10.3. The van der Waals surface area contributed by atoms with Crippen LogP contribution in [0.5, 0.6) is 0 Å².